The number of aromatic nitrogens is 3. The molecule has 0 aliphatic carbocycles. The second-order valence-corrected chi connectivity index (χ2v) is 7.37. The van der Waals surface area contributed by atoms with Crippen molar-refractivity contribution in [2.24, 2.45) is 0 Å². The van der Waals surface area contributed by atoms with E-state index in [1.165, 1.54) is 4.70 Å². The van der Waals surface area contributed by atoms with Crippen molar-refractivity contribution >= 4 is 39.1 Å². The fourth-order valence-electron chi connectivity index (χ4n) is 1.86. The van der Waals surface area contributed by atoms with Crippen molar-refractivity contribution < 1.29 is 0 Å². The van der Waals surface area contributed by atoms with Crippen molar-refractivity contribution in [3.05, 3.63) is 35.7 Å². The molecule has 0 atom stereocenters. The molecule has 0 aliphatic rings. The Kier molecular flexibility index (Phi) is 3.82. The highest BCUT2D eigenvalue weighted by molar-refractivity contribution is 8.01. The summed E-state index contributed by atoms with van der Waals surface area (Å²) in [5.74, 6) is 1.58. The maximum absolute atomic E-state index is 6.01. The maximum atomic E-state index is 6.01. The number of para-hydroxylation sites is 1. The number of nitrogen functional groups attached to an aromatic ring is 1. The number of nitrogens with zero attached hydrogens (tertiary/aromatic N) is 3. The van der Waals surface area contributed by atoms with Gasteiger partial charge in [0.25, 0.3) is 0 Å². The summed E-state index contributed by atoms with van der Waals surface area (Å²) in [6.07, 6.45) is 0. The lowest BCUT2D eigenvalue weighted by Crippen LogP contribution is -2.05. The first kappa shape index (κ1) is 14.3. The van der Waals surface area contributed by atoms with Crippen molar-refractivity contribution in [2.45, 2.75) is 36.1 Å². The average molecular weight is 316 g/mol. The van der Waals surface area contributed by atoms with Crippen molar-refractivity contribution in [2.75, 3.05) is 5.73 Å². The molecule has 2 heterocycles. The monoisotopic (exact) mass is 316 g/mol. The highest BCUT2D eigenvalue weighted by atomic mass is 32.2. The maximum Gasteiger partial charge on any atom is 0.157 e. The van der Waals surface area contributed by atoms with Crippen LogP contribution in [0, 0.1) is 6.92 Å². The van der Waals surface area contributed by atoms with Crippen LogP contribution in [-0.2, 0) is 0 Å². The summed E-state index contributed by atoms with van der Waals surface area (Å²) in [6, 6.07) is 8.13. The normalized spacial score (nSPS) is 11.4. The van der Waals surface area contributed by atoms with E-state index < -0.39 is 0 Å². The van der Waals surface area contributed by atoms with Crippen LogP contribution < -0.4 is 5.73 Å². The third-order valence-electron chi connectivity index (χ3n) is 3.13. The number of hydrogen-bond acceptors (Lipinski definition) is 6. The van der Waals surface area contributed by atoms with E-state index in [2.05, 4.69) is 34.9 Å². The predicted molar refractivity (Wildman–Crippen MR) is 89.0 cm³/mol. The van der Waals surface area contributed by atoms with E-state index in [4.69, 9.17) is 5.73 Å². The van der Waals surface area contributed by atoms with Gasteiger partial charge in [-0.05, 0) is 30.8 Å². The number of nitrogens with two attached hydrogens (primary N) is 1. The molecule has 4 nitrogen and oxygen atoms in total. The smallest absolute Gasteiger partial charge is 0.157 e. The molecule has 0 spiro atoms. The second kappa shape index (κ2) is 5.61. The Balaban J connectivity index is 2.00. The fourth-order valence-corrected chi connectivity index (χ4v) is 3.94. The highest BCUT2D eigenvalue weighted by Gasteiger charge is 2.14. The van der Waals surface area contributed by atoms with Crippen molar-refractivity contribution in [3.63, 3.8) is 0 Å². The first-order chi connectivity index (χ1) is 10.0. The van der Waals surface area contributed by atoms with Crippen LogP contribution in [0.4, 0.5) is 5.82 Å². The summed E-state index contributed by atoms with van der Waals surface area (Å²) in [6.45, 7) is 6.08. The van der Waals surface area contributed by atoms with Gasteiger partial charge in [0, 0.05) is 11.5 Å². The van der Waals surface area contributed by atoms with Gasteiger partial charge in [-0.15, -0.1) is 11.3 Å². The van der Waals surface area contributed by atoms with E-state index in [1.807, 2.05) is 25.1 Å². The van der Waals surface area contributed by atoms with Crippen molar-refractivity contribution in [1.82, 2.24) is 15.0 Å². The van der Waals surface area contributed by atoms with Crippen molar-refractivity contribution in [3.8, 4) is 0 Å². The number of fused-ring (bicyclic) bond motifs is 1. The molecule has 2 aromatic heterocycles. The second-order valence-electron chi connectivity index (χ2n) is 5.10. The molecule has 2 N–H and O–H groups in total. The summed E-state index contributed by atoms with van der Waals surface area (Å²) in [5, 5.41) is 0.894. The minimum atomic E-state index is 0.252. The van der Waals surface area contributed by atoms with E-state index in [-0.39, 0.29) is 5.92 Å². The largest absolute Gasteiger partial charge is 0.383 e. The van der Waals surface area contributed by atoms with Gasteiger partial charge in [-0.3, -0.25) is 0 Å². The van der Waals surface area contributed by atoms with E-state index in [1.54, 1.807) is 23.1 Å². The number of rotatable bonds is 3. The Labute approximate surface area is 131 Å². The molecule has 0 aliphatic heterocycles. The molecule has 21 heavy (non-hydrogen) atoms. The quantitative estimate of drug-likeness (QED) is 0.732. The molecule has 0 unspecified atom stereocenters. The predicted octanol–water partition coefficient (Wildman–Crippen LogP) is 4.25. The first-order valence-corrected chi connectivity index (χ1v) is 8.35. The van der Waals surface area contributed by atoms with E-state index in [0.29, 0.717) is 5.82 Å². The van der Waals surface area contributed by atoms with Crippen LogP contribution in [0.15, 0.2) is 33.6 Å². The fraction of sp³-hybridized carbons (Fsp3) is 0.267. The zero-order valence-corrected chi connectivity index (χ0v) is 13.8. The molecule has 3 rings (SSSR count). The van der Waals surface area contributed by atoms with Gasteiger partial charge in [-0.25, -0.2) is 15.0 Å². The average Bonchev–Trinajstić information content (AvgIpc) is 2.85. The molecular weight excluding hydrogens is 300 g/mol. The van der Waals surface area contributed by atoms with Gasteiger partial charge >= 0.3 is 0 Å². The van der Waals surface area contributed by atoms with E-state index in [0.717, 1.165) is 26.3 Å². The highest BCUT2D eigenvalue weighted by Crippen LogP contribution is 2.36. The standard InChI is InChI=1S/C15H16N4S2/c1-8(2)13-18-12(16)9(3)14(19-13)21-15-17-10-6-4-5-7-11(10)20-15/h4-8H,1-3H3,(H2,16,18,19). The summed E-state index contributed by atoms with van der Waals surface area (Å²) in [5.41, 5.74) is 7.95. The Morgan fingerprint density at radius 2 is 1.90 bits per heavy atom. The van der Waals surface area contributed by atoms with Crippen LogP contribution in [0.3, 0.4) is 0 Å². The SMILES string of the molecule is Cc1c(N)nc(C(C)C)nc1Sc1nc2ccccc2s1. The van der Waals surface area contributed by atoms with Gasteiger partial charge in [-0.2, -0.15) is 0 Å². The third kappa shape index (κ3) is 2.87. The van der Waals surface area contributed by atoms with Gasteiger partial charge in [0.2, 0.25) is 0 Å². The first-order valence-electron chi connectivity index (χ1n) is 6.72. The lowest BCUT2D eigenvalue weighted by atomic mass is 10.2. The number of anilines is 1. The number of benzene rings is 1. The Bertz CT molecular complexity index is 762. The Morgan fingerprint density at radius 1 is 1.14 bits per heavy atom. The molecular formula is C15H16N4S2. The molecule has 6 heteroatoms. The zero-order chi connectivity index (χ0) is 15.0. The van der Waals surface area contributed by atoms with E-state index in [9.17, 15) is 0 Å². The van der Waals surface area contributed by atoms with Crippen LogP contribution in [0.25, 0.3) is 10.2 Å². The van der Waals surface area contributed by atoms with Gasteiger partial charge in [0.05, 0.1) is 10.2 Å². The van der Waals surface area contributed by atoms with Crippen LogP contribution in [0.5, 0.6) is 0 Å². The zero-order valence-electron chi connectivity index (χ0n) is 12.1. The lowest BCUT2D eigenvalue weighted by Gasteiger charge is -2.10. The van der Waals surface area contributed by atoms with E-state index >= 15 is 0 Å². The summed E-state index contributed by atoms with van der Waals surface area (Å²) in [7, 11) is 0. The Hall–Kier alpha value is -1.66. The van der Waals surface area contributed by atoms with Crippen LogP contribution in [0.2, 0.25) is 0 Å². The molecule has 0 saturated heterocycles. The number of hydrogen-bond donors (Lipinski definition) is 1. The van der Waals surface area contributed by atoms with Gasteiger partial charge in [0.15, 0.2) is 4.34 Å². The summed E-state index contributed by atoms with van der Waals surface area (Å²) >= 11 is 3.23. The molecule has 0 amide bonds. The van der Waals surface area contributed by atoms with Crippen LogP contribution >= 0.6 is 23.1 Å². The van der Waals surface area contributed by atoms with Crippen LogP contribution in [-0.4, -0.2) is 15.0 Å². The molecule has 3 aromatic rings. The molecule has 0 bridgehead atoms. The third-order valence-corrected chi connectivity index (χ3v) is 5.32. The van der Waals surface area contributed by atoms with Crippen molar-refractivity contribution in [1.29, 1.82) is 0 Å². The lowest BCUT2D eigenvalue weighted by molar-refractivity contribution is 0.751. The van der Waals surface area contributed by atoms with Crippen LogP contribution in [0.1, 0.15) is 31.2 Å². The Morgan fingerprint density at radius 3 is 2.62 bits per heavy atom. The molecule has 1 aromatic carbocycles. The molecule has 0 fully saturated rings. The minimum Gasteiger partial charge on any atom is -0.383 e. The van der Waals surface area contributed by atoms with Gasteiger partial charge in [0.1, 0.15) is 16.7 Å². The molecule has 108 valence electrons. The molecule has 0 radical (unpaired) electrons. The van der Waals surface area contributed by atoms with Gasteiger partial charge < -0.3 is 5.73 Å². The number of thiazole rings is 1. The summed E-state index contributed by atoms with van der Waals surface area (Å²) < 4.78 is 2.16. The topological polar surface area (TPSA) is 64.7 Å². The minimum absolute atomic E-state index is 0.252. The summed E-state index contributed by atoms with van der Waals surface area (Å²) in [4.78, 5) is 13.6. The molecule has 0 saturated carbocycles. The van der Waals surface area contributed by atoms with Gasteiger partial charge in [-0.1, -0.05) is 26.0 Å².